The maximum Gasteiger partial charge on any atom is 4.00 e. The molecule has 0 saturated heterocycles. The van der Waals surface area contributed by atoms with E-state index in [0.717, 1.165) is 0 Å². The molecule has 0 saturated carbocycles. The third-order valence-electron chi connectivity index (χ3n) is 0. The van der Waals surface area contributed by atoms with Crippen molar-refractivity contribution in [2.45, 2.75) is 0 Å². The Morgan fingerprint density at radius 2 is 0.571 bits per heavy atom. The average molecular weight is 362 g/mol. The van der Waals surface area contributed by atoms with Gasteiger partial charge in [-0.1, -0.05) is 0 Å². The molecule has 0 rings (SSSR count). The van der Waals surface area contributed by atoms with Gasteiger partial charge in [0.1, 0.15) is 0 Å². The maximum atomic E-state index is 0. The van der Waals surface area contributed by atoms with E-state index in [2.05, 4.69) is 0 Å². The van der Waals surface area contributed by atoms with Crippen molar-refractivity contribution in [1.82, 2.24) is 0 Å². The van der Waals surface area contributed by atoms with Crippen molar-refractivity contribution in [2.75, 3.05) is 0 Å². The summed E-state index contributed by atoms with van der Waals surface area (Å²) in [5, 5.41) is 0. The van der Waals surface area contributed by atoms with Crippen LogP contribution >= 0.6 is 0 Å². The molecule has 1 nitrogen and oxygen atoms in total. The predicted octanol–water partition coefficient (Wildman–Crippen LogP) is 0.971. The molecule has 0 aliphatic rings. The molecule has 0 aromatic carbocycles. The molecule has 2 N–H and O–H groups in total. The van der Waals surface area contributed by atoms with Gasteiger partial charge in [-0.05, 0) is 0 Å². The molecule has 0 aromatic rings. The summed E-state index contributed by atoms with van der Waals surface area (Å²) in [6, 6.07) is 0. The summed E-state index contributed by atoms with van der Waals surface area (Å²) in [5.41, 5.74) is 0. The minimum Gasteiger partial charge on any atom is -0.412 e. The van der Waals surface area contributed by atoms with E-state index in [1.54, 1.807) is 0 Å². The minimum atomic E-state index is 0. The Labute approximate surface area is 88.1 Å². The Balaban J connectivity index is 0. The second kappa shape index (κ2) is 115. The number of hydrogen-bond donors (Lipinski definition) is 0. The van der Waals surface area contributed by atoms with Gasteiger partial charge in [-0.15, -0.1) is 0 Å². The van der Waals surface area contributed by atoms with E-state index >= 15 is 0 Å². The molecule has 0 amide bonds. The first-order valence-electron chi connectivity index (χ1n) is 0. The smallest absolute Gasteiger partial charge is 0.412 e. The molecule has 0 aromatic heterocycles. The first-order chi connectivity index (χ1) is 0. The third-order valence-corrected chi connectivity index (χ3v) is 0. The molecule has 0 fully saturated rings. The van der Waals surface area contributed by atoms with Crippen LogP contribution in [-0.2, 0) is 53.8 Å². The van der Waals surface area contributed by atoms with E-state index in [0.29, 0.717) is 0 Å². The summed E-state index contributed by atoms with van der Waals surface area (Å²) in [6.45, 7) is 0. The molecule has 0 aliphatic heterocycles. The van der Waals surface area contributed by atoms with Crippen molar-refractivity contribution in [3.63, 3.8) is 0 Å². The standard InChI is InChI=1S/4CH3.H2O.Pt.Y/h4*1H3;1H2;;/q4*-1;;+4;. The second-order valence-corrected chi connectivity index (χ2v) is 0. The third kappa shape index (κ3) is 83.5. The van der Waals surface area contributed by atoms with Crippen molar-refractivity contribution in [2.24, 2.45) is 0 Å². The van der Waals surface area contributed by atoms with Gasteiger partial charge < -0.3 is 35.2 Å². The Morgan fingerprint density at radius 3 is 0.571 bits per heavy atom. The van der Waals surface area contributed by atoms with Crippen molar-refractivity contribution in [1.29, 1.82) is 0 Å². The van der Waals surface area contributed by atoms with Crippen molar-refractivity contribution in [3.05, 3.63) is 29.7 Å². The van der Waals surface area contributed by atoms with Crippen LogP contribution in [0.4, 0.5) is 0 Å². The Hall–Kier alpha value is 1.75. The van der Waals surface area contributed by atoms with Crippen LogP contribution in [0, 0.1) is 29.7 Å². The Bertz CT molecular complexity index is 11.7. The molecule has 0 bridgehead atoms. The van der Waals surface area contributed by atoms with Crippen molar-refractivity contribution < 1.29 is 59.3 Å². The van der Waals surface area contributed by atoms with E-state index in [9.17, 15) is 0 Å². The normalized spacial score (nSPS) is 0. The van der Waals surface area contributed by atoms with Gasteiger partial charge in [0, 0.05) is 32.7 Å². The molecular weight excluding hydrogens is 348 g/mol. The molecule has 7 heavy (non-hydrogen) atoms. The fraction of sp³-hybridized carbons (Fsp3) is 0. The maximum absolute atomic E-state index is 0. The molecule has 3 heteroatoms. The van der Waals surface area contributed by atoms with Crippen LogP contribution in [0.1, 0.15) is 0 Å². The zero-order valence-electron chi connectivity index (χ0n) is 5.39. The first kappa shape index (κ1) is 171. The van der Waals surface area contributed by atoms with Crippen LogP contribution in [0.15, 0.2) is 0 Å². The summed E-state index contributed by atoms with van der Waals surface area (Å²) in [4.78, 5) is 0. The van der Waals surface area contributed by atoms with Crippen LogP contribution < -0.4 is 0 Å². The van der Waals surface area contributed by atoms with Crippen LogP contribution in [0.25, 0.3) is 0 Å². The SMILES string of the molecule is O.[CH3-].[CH3-].[CH3-].[CH3-].[Pt+4].[Y]. The van der Waals surface area contributed by atoms with Crippen LogP contribution in [-0.4, -0.2) is 5.48 Å². The summed E-state index contributed by atoms with van der Waals surface area (Å²) in [7, 11) is 0. The van der Waals surface area contributed by atoms with Gasteiger partial charge in [-0.25, -0.2) is 0 Å². The van der Waals surface area contributed by atoms with E-state index in [1.807, 2.05) is 0 Å². The Morgan fingerprint density at radius 1 is 0.571 bits per heavy atom. The topological polar surface area (TPSA) is 31.5 Å². The van der Waals surface area contributed by atoms with E-state index in [4.69, 9.17) is 0 Å². The molecule has 0 heterocycles. The second-order valence-electron chi connectivity index (χ2n) is 0. The quantitative estimate of drug-likeness (QED) is 0.576. The fourth-order valence-corrected chi connectivity index (χ4v) is 0. The van der Waals surface area contributed by atoms with Gasteiger partial charge >= 0.3 is 21.1 Å². The van der Waals surface area contributed by atoms with Gasteiger partial charge in [0.15, 0.2) is 0 Å². The summed E-state index contributed by atoms with van der Waals surface area (Å²) < 4.78 is 0. The number of rotatable bonds is 0. The van der Waals surface area contributed by atoms with E-state index in [-0.39, 0.29) is 89.0 Å². The molecule has 0 spiro atoms. The molecule has 1 radical (unpaired) electrons. The van der Waals surface area contributed by atoms with Gasteiger partial charge in [0.25, 0.3) is 0 Å². The van der Waals surface area contributed by atoms with Crippen molar-refractivity contribution >= 4 is 0 Å². The van der Waals surface area contributed by atoms with Gasteiger partial charge in [-0.3, -0.25) is 0 Å². The van der Waals surface area contributed by atoms with E-state index < -0.39 is 0 Å². The average Bonchev–Trinajstić information content (AvgIpc) is 0. The van der Waals surface area contributed by atoms with Crippen LogP contribution in [0.5, 0.6) is 0 Å². The summed E-state index contributed by atoms with van der Waals surface area (Å²) >= 11 is 0. The van der Waals surface area contributed by atoms with Crippen LogP contribution in [0.3, 0.4) is 0 Å². The van der Waals surface area contributed by atoms with Crippen LogP contribution in [0.2, 0.25) is 0 Å². The summed E-state index contributed by atoms with van der Waals surface area (Å²) in [6.07, 6.45) is 0. The largest absolute Gasteiger partial charge is 4.00 e. The van der Waals surface area contributed by atoms with Gasteiger partial charge in [-0.2, -0.15) is 0 Å². The summed E-state index contributed by atoms with van der Waals surface area (Å²) in [5.74, 6) is 0. The zero-order chi connectivity index (χ0) is 0. The molecule has 0 unspecified atom stereocenters. The van der Waals surface area contributed by atoms with Gasteiger partial charge in [0.05, 0.1) is 0 Å². The van der Waals surface area contributed by atoms with Crippen molar-refractivity contribution in [3.8, 4) is 0 Å². The molecule has 0 atom stereocenters. The minimum absolute atomic E-state index is 0. The first-order valence-corrected chi connectivity index (χ1v) is 0. The zero-order valence-corrected chi connectivity index (χ0v) is 10.5. The predicted molar refractivity (Wildman–Crippen MR) is 29.3 cm³/mol. The molecule has 49 valence electrons. The van der Waals surface area contributed by atoms with Gasteiger partial charge in [0.2, 0.25) is 0 Å². The fourth-order valence-electron chi connectivity index (χ4n) is 0. The van der Waals surface area contributed by atoms with E-state index in [1.165, 1.54) is 0 Å². The molecule has 0 aliphatic carbocycles. The number of hydrogen-bond acceptors (Lipinski definition) is 0. The Kier molecular flexibility index (Phi) is 2820. The molecular formula is C4H14OPtY. The monoisotopic (exact) mass is 362 g/mol.